The number of azo groups is 1. The molecule has 0 saturated carbocycles. The Bertz CT molecular complexity index is 1020. The summed E-state index contributed by atoms with van der Waals surface area (Å²) in [6.45, 7) is 3.53. The molecule has 0 amide bonds. The second-order valence-corrected chi connectivity index (χ2v) is 6.40. The van der Waals surface area contributed by atoms with Crippen molar-refractivity contribution >= 4 is 44.5 Å². The number of nitro benzene ring substituents is 1. The van der Waals surface area contributed by atoms with E-state index in [9.17, 15) is 10.1 Å². The summed E-state index contributed by atoms with van der Waals surface area (Å²) in [5.41, 5.74) is 2.35. The van der Waals surface area contributed by atoms with E-state index in [-0.39, 0.29) is 5.69 Å². The Morgan fingerprint density at radius 3 is 2.70 bits per heavy atom. The largest absolute Gasteiger partial charge is 0.371 e. The fourth-order valence-electron chi connectivity index (χ4n) is 2.59. The average molecular weight is 380 g/mol. The molecule has 0 bridgehead atoms. The van der Waals surface area contributed by atoms with Crippen molar-refractivity contribution in [3.8, 4) is 6.07 Å². The van der Waals surface area contributed by atoms with Crippen molar-refractivity contribution in [1.82, 2.24) is 4.37 Å². The average Bonchev–Trinajstić information content (AvgIpc) is 3.10. The predicted octanol–water partition coefficient (Wildman–Crippen LogP) is 5.36. The molecule has 0 aliphatic carbocycles. The Hall–Kier alpha value is -3.38. The topological polar surface area (TPSA) is 108 Å². The van der Waals surface area contributed by atoms with Crippen molar-refractivity contribution in [3.63, 3.8) is 0 Å². The van der Waals surface area contributed by atoms with Crippen LogP contribution < -0.4 is 4.90 Å². The number of anilines is 1. The van der Waals surface area contributed by atoms with E-state index in [1.165, 1.54) is 12.1 Å². The maximum atomic E-state index is 10.9. The minimum Gasteiger partial charge on any atom is -0.371 e. The summed E-state index contributed by atoms with van der Waals surface area (Å²) in [5.74, 6) is 0. The molecule has 1 heterocycles. The van der Waals surface area contributed by atoms with Gasteiger partial charge in [-0.05, 0) is 48.8 Å². The molecular weight excluding hydrogens is 364 g/mol. The van der Waals surface area contributed by atoms with E-state index in [1.54, 1.807) is 6.07 Å². The lowest BCUT2D eigenvalue weighted by Gasteiger charge is -2.21. The molecule has 1 aromatic heterocycles. The van der Waals surface area contributed by atoms with E-state index < -0.39 is 4.92 Å². The standard InChI is InChI=1S/C18H16N6O2S/c1-2-23(11-3-10-19)14-6-4-13(5-7-14)20-21-18-16-12-15(24(25)26)8-9-17(16)22-27-18/h4-9,12H,2-3,11H2,1H3. The zero-order valence-electron chi connectivity index (χ0n) is 14.6. The second kappa shape index (κ2) is 8.33. The van der Waals surface area contributed by atoms with E-state index in [2.05, 4.69) is 25.6 Å². The normalized spacial score (nSPS) is 11.0. The number of hydrogen-bond acceptors (Lipinski definition) is 8. The number of fused-ring (bicyclic) bond motifs is 1. The minimum atomic E-state index is -0.442. The number of hydrogen-bond donors (Lipinski definition) is 0. The molecule has 0 aliphatic rings. The molecule has 0 radical (unpaired) electrons. The molecule has 9 heteroatoms. The summed E-state index contributed by atoms with van der Waals surface area (Å²) in [6, 6.07) is 14.2. The molecule has 136 valence electrons. The smallest absolute Gasteiger partial charge is 0.270 e. The maximum absolute atomic E-state index is 10.9. The van der Waals surface area contributed by atoms with Crippen LogP contribution in [0.1, 0.15) is 13.3 Å². The van der Waals surface area contributed by atoms with Gasteiger partial charge in [-0.25, -0.2) is 0 Å². The van der Waals surface area contributed by atoms with Crippen molar-refractivity contribution < 1.29 is 4.92 Å². The Morgan fingerprint density at radius 1 is 1.26 bits per heavy atom. The molecule has 0 unspecified atom stereocenters. The highest BCUT2D eigenvalue weighted by Crippen LogP contribution is 2.34. The number of benzene rings is 2. The van der Waals surface area contributed by atoms with Crippen LogP contribution in [0.2, 0.25) is 0 Å². The predicted molar refractivity (Wildman–Crippen MR) is 105 cm³/mol. The van der Waals surface area contributed by atoms with Crippen molar-refractivity contribution in [2.45, 2.75) is 13.3 Å². The van der Waals surface area contributed by atoms with Gasteiger partial charge in [0.2, 0.25) is 0 Å². The van der Waals surface area contributed by atoms with Crippen LogP contribution in [0.3, 0.4) is 0 Å². The summed E-state index contributed by atoms with van der Waals surface area (Å²) in [4.78, 5) is 12.6. The Balaban J connectivity index is 1.80. The third-order valence-electron chi connectivity index (χ3n) is 4.00. The van der Waals surface area contributed by atoms with Gasteiger partial charge in [-0.2, -0.15) is 9.64 Å². The first kappa shape index (κ1) is 18.4. The lowest BCUT2D eigenvalue weighted by molar-refractivity contribution is -0.384. The van der Waals surface area contributed by atoms with Gasteiger partial charge in [0.1, 0.15) is 0 Å². The van der Waals surface area contributed by atoms with E-state index in [4.69, 9.17) is 5.26 Å². The van der Waals surface area contributed by atoms with Crippen LogP contribution in [0.15, 0.2) is 52.7 Å². The van der Waals surface area contributed by atoms with Gasteiger partial charge in [-0.15, -0.1) is 10.2 Å². The third kappa shape index (κ3) is 4.24. The Labute approximate surface area is 159 Å². The van der Waals surface area contributed by atoms with Gasteiger partial charge in [0.05, 0.1) is 28.6 Å². The highest BCUT2D eigenvalue weighted by atomic mass is 32.1. The first-order valence-corrected chi connectivity index (χ1v) is 9.07. The maximum Gasteiger partial charge on any atom is 0.270 e. The van der Waals surface area contributed by atoms with Crippen LogP contribution in [0.25, 0.3) is 10.9 Å². The second-order valence-electron chi connectivity index (χ2n) is 5.65. The van der Waals surface area contributed by atoms with E-state index in [0.29, 0.717) is 34.6 Å². The summed E-state index contributed by atoms with van der Waals surface area (Å²) < 4.78 is 4.24. The highest BCUT2D eigenvalue weighted by Gasteiger charge is 2.12. The van der Waals surface area contributed by atoms with Gasteiger partial charge in [-0.1, -0.05) is 0 Å². The summed E-state index contributed by atoms with van der Waals surface area (Å²) in [5, 5.41) is 29.3. The van der Waals surface area contributed by atoms with E-state index in [1.807, 2.05) is 31.2 Å². The molecule has 0 aliphatic heterocycles. The fourth-order valence-corrected chi connectivity index (χ4v) is 3.27. The molecule has 3 aromatic rings. The summed E-state index contributed by atoms with van der Waals surface area (Å²) >= 11 is 1.15. The zero-order valence-corrected chi connectivity index (χ0v) is 15.4. The number of rotatable bonds is 7. The fraction of sp³-hybridized carbons (Fsp3) is 0.222. The van der Waals surface area contributed by atoms with Gasteiger partial charge in [-0.3, -0.25) is 10.1 Å². The van der Waals surface area contributed by atoms with Crippen molar-refractivity contribution in [3.05, 3.63) is 52.6 Å². The SMILES string of the molecule is CCN(CCC#N)c1ccc(N=Nc2snc3ccc([N+](=O)[O-])cc23)cc1. The monoisotopic (exact) mass is 380 g/mol. The van der Waals surface area contributed by atoms with Gasteiger partial charge in [0.25, 0.3) is 5.69 Å². The van der Waals surface area contributed by atoms with Crippen LogP contribution in [-0.2, 0) is 0 Å². The van der Waals surface area contributed by atoms with Crippen LogP contribution >= 0.6 is 11.5 Å². The number of non-ortho nitro benzene ring substituents is 1. The Morgan fingerprint density at radius 2 is 2.04 bits per heavy atom. The molecule has 0 fully saturated rings. The van der Waals surface area contributed by atoms with Gasteiger partial charge < -0.3 is 4.90 Å². The number of nitriles is 1. The quantitative estimate of drug-likeness (QED) is 0.311. The van der Waals surface area contributed by atoms with E-state index >= 15 is 0 Å². The third-order valence-corrected chi connectivity index (χ3v) is 4.76. The molecule has 0 atom stereocenters. The molecule has 8 nitrogen and oxygen atoms in total. The first-order chi connectivity index (χ1) is 13.1. The van der Waals surface area contributed by atoms with E-state index in [0.717, 1.165) is 23.8 Å². The van der Waals surface area contributed by atoms with Crippen LogP contribution in [-0.4, -0.2) is 22.4 Å². The summed E-state index contributed by atoms with van der Waals surface area (Å²) in [6.07, 6.45) is 0.472. The van der Waals surface area contributed by atoms with Gasteiger partial charge in [0.15, 0.2) is 5.00 Å². The van der Waals surface area contributed by atoms with Gasteiger partial charge >= 0.3 is 0 Å². The number of nitro groups is 1. The zero-order chi connectivity index (χ0) is 19.2. The van der Waals surface area contributed by atoms with Crippen molar-refractivity contribution in [2.24, 2.45) is 10.2 Å². The number of aromatic nitrogens is 1. The van der Waals surface area contributed by atoms with Crippen LogP contribution in [0, 0.1) is 21.4 Å². The molecule has 0 spiro atoms. The highest BCUT2D eigenvalue weighted by molar-refractivity contribution is 7.11. The molecule has 0 saturated heterocycles. The molecular formula is C18H16N6O2S. The Kier molecular flexibility index (Phi) is 5.68. The van der Waals surface area contributed by atoms with Crippen LogP contribution in [0.5, 0.6) is 0 Å². The lowest BCUT2D eigenvalue weighted by atomic mass is 10.2. The van der Waals surface area contributed by atoms with Crippen molar-refractivity contribution in [1.29, 1.82) is 5.26 Å². The molecule has 2 aromatic carbocycles. The molecule has 27 heavy (non-hydrogen) atoms. The first-order valence-electron chi connectivity index (χ1n) is 8.30. The van der Waals surface area contributed by atoms with Crippen LogP contribution in [0.4, 0.5) is 22.1 Å². The van der Waals surface area contributed by atoms with Gasteiger partial charge in [0, 0.05) is 36.3 Å². The summed E-state index contributed by atoms with van der Waals surface area (Å²) in [7, 11) is 0. The minimum absolute atomic E-state index is 0.000490. The molecule has 3 rings (SSSR count). The van der Waals surface area contributed by atoms with Crippen molar-refractivity contribution in [2.75, 3.05) is 18.0 Å². The number of nitrogens with zero attached hydrogens (tertiary/aromatic N) is 6. The molecule has 0 N–H and O–H groups in total. The lowest BCUT2D eigenvalue weighted by Crippen LogP contribution is -2.23.